The summed E-state index contributed by atoms with van der Waals surface area (Å²) in [4.78, 5) is 16.6. The van der Waals surface area contributed by atoms with Crippen LogP contribution in [-0.2, 0) is 4.79 Å². The molecule has 3 aromatic rings. The minimum absolute atomic E-state index is 0.0671. The van der Waals surface area contributed by atoms with Gasteiger partial charge in [0.2, 0.25) is 0 Å². The highest BCUT2D eigenvalue weighted by atomic mass is 19.1. The Kier molecular flexibility index (Phi) is 4.30. The van der Waals surface area contributed by atoms with Crippen LogP contribution in [-0.4, -0.2) is 10.9 Å². The van der Waals surface area contributed by atoms with Crippen molar-refractivity contribution < 1.29 is 9.18 Å². The van der Waals surface area contributed by atoms with Gasteiger partial charge in [0.15, 0.2) is 0 Å². The molecule has 24 heavy (non-hydrogen) atoms. The summed E-state index contributed by atoms with van der Waals surface area (Å²) in [7, 11) is 0. The Hall–Kier alpha value is -3.52. The van der Waals surface area contributed by atoms with E-state index >= 15 is 0 Å². The second-order valence-electron chi connectivity index (χ2n) is 5.05. The second-order valence-corrected chi connectivity index (χ2v) is 5.05. The fourth-order valence-corrected chi connectivity index (χ4v) is 2.28. The molecule has 1 N–H and O–H groups in total. The molecule has 0 aliphatic carbocycles. The lowest BCUT2D eigenvalue weighted by molar-refractivity contribution is -0.112. The Morgan fingerprint density at radius 3 is 2.67 bits per heavy atom. The Labute approximate surface area is 137 Å². The van der Waals surface area contributed by atoms with Crippen molar-refractivity contribution in [1.82, 2.24) is 4.98 Å². The molecule has 0 saturated heterocycles. The number of halogens is 1. The van der Waals surface area contributed by atoms with Crippen molar-refractivity contribution in [2.75, 3.05) is 5.32 Å². The maximum absolute atomic E-state index is 12.9. The smallest absolute Gasteiger partial charge is 0.266 e. The van der Waals surface area contributed by atoms with Crippen molar-refractivity contribution >= 4 is 28.6 Å². The van der Waals surface area contributed by atoms with Gasteiger partial charge in [-0.05, 0) is 48.0 Å². The van der Waals surface area contributed by atoms with Gasteiger partial charge in [0, 0.05) is 11.6 Å². The van der Waals surface area contributed by atoms with Gasteiger partial charge in [-0.15, -0.1) is 0 Å². The highest BCUT2D eigenvalue weighted by Gasteiger charge is 2.11. The molecule has 3 rings (SSSR count). The maximum Gasteiger partial charge on any atom is 0.266 e. The molecule has 0 unspecified atom stereocenters. The molecular formula is C19H12FN3O. The van der Waals surface area contributed by atoms with Crippen LogP contribution in [0.5, 0.6) is 0 Å². The van der Waals surface area contributed by atoms with Crippen molar-refractivity contribution in [2.24, 2.45) is 0 Å². The molecule has 0 aliphatic heterocycles. The number of aromatic nitrogens is 1. The first-order valence-corrected chi connectivity index (χ1v) is 7.20. The minimum atomic E-state index is -0.529. The van der Waals surface area contributed by atoms with Gasteiger partial charge in [0.25, 0.3) is 5.91 Å². The Morgan fingerprint density at radius 1 is 1.12 bits per heavy atom. The fourth-order valence-electron chi connectivity index (χ4n) is 2.28. The molecule has 0 spiro atoms. The van der Waals surface area contributed by atoms with Crippen LogP contribution in [0.25, 0.3) is 17.0 Å². The van der Waals surface area contributed by atoms with E-state index in [-0.39, 0.29) is 11.4 Å². The second kappa shape index (κ2) is 6.71. The van der Waals surface area contributed by atoms with Gasteiger partial charge in [-0.1, -0.05) is 18.2 Å². The van der Waals surface area contributed by atoms with E-state index in [1.165, 1.54) is 30.3 Å². The highest BCUT2D eigenvalue weighted by Crippen LogP contribution is 2.22. The summed E-state index contributed by atoms with van der Waals surface area (Å²) in [6, 6.07) is 16.4. The number of anilines is 1. The van der Waals surface area contributed by atoms with Crippen molar-refractivity contribution in [2.45, 2.75) is 0 Å². The lowest BCUT2D eigenvalue weighted by atomic mass is 10.1. The zero-order valence-electron chi connectivity index (χ0n) is 12.5. The average molecular weight is 317 g/mol. The van der Waals surface area contributed by atoms with E-state index in [9.17, 15) is 14.4 Å². The van der Waals surface area contributed by atoms with Crippen molar-refractivity contribution in [3.8, 4) is 6.07 Å². The van der Waals surface area contributed by atoms with Gasteiger partial charge < -0.3 is 5.32 Å². The predicted octanol–water partition coefficient (Wildman–Crippen LogP) is 3.92. The summed E-state index contributed by atoms with van der Waals surface area (Å²) >= 11 is 0. The third-order valence-corrected chi connectivity index (χ3v) is 3.44. The molecular weight excluding hydrogens is 305 g/mol. The number of fused-ring (bicyclic) bond motifs is 1. The monoisotopic (exact) mass is 317 g/mol. The molecule has 0 radical (unpaired) electrons. The molecule has 0 saturated carbocycles. The van der Waals surface area contributed by atoms with Crippen LogP contribution >= 0.6 is 0 Å². The standard InChI is InChI=1S/C19H12FN3O/c20-15-8-6-13(7-9-15)11-14(12-21)19(24)23-18-5-1-4-17-16(18)3-2-10-22-17/h1-11H,(H,23,24). The maximum atomic E-state index is 12.9. The summed E-state index contributed by atoms with van der Waals surface area (Å²) in [5.74, 6) is -0.906. The lowest BCUT2D eigenvalue weighted by Gasteiger charge is -2.07. The quantitative estimate of drug-likeness (QED) is 0.588. The molecule has 1 heterocycles. The first kappa shape index (κ1) is 15.4. The number of carbonyl (C=O) groups excluding carboxylic acids is 1. The summed E-state index contributed by atoms with van der Waals surface area (Å²) in [5, 5.41) is 12.7. The zero-order valence-corrected chi connectivity index (χ0v) is 12.5. The number of rotatable bonds is 3. The molecule has 0 aliphatic rings. The van der Waals surface area contributed by atoms with E-state index in [2.05, 4.69) is 10.3 Å². The van der Waals surface area contributed by atoms with Gasteiger partial charge in [-0.25, -0.2) is 4.39 Å². The average Bonchev–Trinajstić information content (AvgIpc) is 2.61. The SMILES string of the molecule is N#CC(=Cc1ccc(F)cc1)C(=O)Nc1cccc2ncccc12. The summed E-state index contributed by atoms with van der Waals surface area (Å²) in [6.45, 7) is 0. The molecule has 0 bridgehead atoms. The Morgan fingerprint density at radius 2 is 1.92 bits per heavy atom. The van der Waals surface area contributed by atoms with Gasteiger partial charge in [0.05, 0.1) is 11.2 Å². The van der Waals surface area contributed by atoms with Crippen LogP contribution in [0.15, 0.2) is 66.4 Å². The third kappa shape index (κ3) is 3.28. The van der Waals surface area contributed by atoms with Gasteiger partial charge >= 0.3 is 0 Å². The van der Waals surface area contributed by atoms with Gasteiger partial charge in [-0.3, -0.25) is 9.78 Å². The highest BCUT2D eigenvalue weighted by molar-refractivity contribution is 6.12. The van der Waals surface area contributed by atoms with Crippen LogP contribution < -0.4 is 5.32 Å². The van der Waals surface area contributed by atoms with Crippen molar-refractivity contribution in [3.63, 3.8) is 0 Å². The lowest BCUT2D eigenvalue weighted by Crippen LogP contribution is -2.13. The van der Waals surface area contributed by atoms with E-state index in [1.54, 1.807) is 24.4 Å². The van der Waals surface area contributed by atoms with Gasteiger partial charge in [-0.2, -0.15) is 5.26 Å². The molecule has 2 aromatic carbocycles. The van der Waals surface area contributed by atoms with Crippen molar-refractivity contribution in [1.29, 1.82) is 5.26 Å². The van der Waals surface area contributed by atoms with Crippen LogP contribution in [0.2, 0.25) is 0 Å². The number of carbonyl (C=O) groups is 1. The van der Waals surface area contributed by atoms with Crippen LogP contribution in [0.4, 0.5) is 10.1 Å². The predicted molar refractivity (Wildman–Crippen MR) is 90.4 cm³/mol. The molecule has 5 heteroatoms. The van der Waals surface area contributed by atoms with Crippen molar-refractivity contribution in [3.05, 3.63) is 77.7 Å². The van der Waals surface area contributed by atoms with E-state index in [0.29, 0.717) is 11.3 Å². The van der Waals surface area contributed by atoms with Gasteiger partial charge in [0.1, 0.15) is 17.5 Å². The molecule has 4 nitrogen and oxygen atoms in total. The van der Waals surface area contributed by atoms with E-state index in [0.717, 1.165) is 10.9 Å². The molecule has 1 aromatic heterocycles. The number of pyridine rings is 1. The van der Waals surface area contributed by atoms with Crippen LogP contribution in [0, 0.1) is 17.1 Å². The number of nitrogens with zero attached hydrogens (tertiary/aromatic N) is 2. The Bertz CT molecular complexity index is 967. The number of amides is 1. The fraction of sp³-hybridized carbons (Fsp3) is 0. The molecule has 0 fully saturated rings. The van der Waals surface area contributed by atoms with Crippen LogP contribution in [0.1, 0.15) is 5.56 Å². The molecule has 1 amide bonds. The first-order chi connectivity index (χ1) is 11.7. The largest absolute Gasteiger partial charge is 0.321 e. The summed E-state index contributed by atoms with van der Waals surface area (Å²) in [5.41, 5.74) is 1.83. The minimum Gasteiger partial charge on any atom is -0.321 e. The Balaban J connectivity index is 1.89. The van der Waals surface area contributed by atoms with Crippen LogP contribution in [0.3, 0.4) is 0 Å². The topological polar surface area (TPSA) is 65.8 Å². The zero-order chi connectivity index (χ0) is 16.9. The normalized spacial score (nSPS) is 11.1. The first-order valence-electron chi connectivity index (χ1n) is 7.20. The number of nitriles is 1. The van der Waals surface area contributed by atoms with E-state index in [1.807, 2.05) is 18.2 Å². The number of nitrogens with one attached hydrogen (secondary N) is 1. The number of hydrogen-bond acceptors (Lipinski definition) is 3. The van der Waals surface area contributed by atoms with E-state index in [4.69, 9.17) is 0 Å². The summed E-state index contributed by atoms with van der Waals surface area (Å²) in [6.07, 6.45) is 3.08. The third-order valence-electron chi connectivity index (χ3n) is 3.44. The number of hydrogen-bond donors (Lipinski definition) is 1. The summed E-state index contributed by atoms with van der Waals surface area (Å²) < 4.78 is 12.9. The van der Waals surface area contributed by atoms with E-state index < -0.39 is 5.91 Å². The number of benzene rings is 2. The molecule has 116 valence electrons. The molecule has 0 atom stereocenters.